The number of ketones is 1. The van der Waals surface area contributed by atoms with Crippen molar-refractivity contribution in [1.29, 1.82) is 0 Å². The summed E-state index contributed by atoms with van der Waals surface area (Å²) in [4.78, 5) is 39.0. The molecule has 6 heteroatoms. The number of hydrogen-bond donors (Lipinski definition) is 1. The van der Waals surface area contributed by atoms with Gasteiger partial charge >= 0.3 is 0 Å². The highest BCUT2D eigenvalue weighted by Gasteiger charge is 2.45. The molecule has 1 heterocycles. The Morgan fingerprint density at radius 2 is 1.92 bits per heavy atom. The van der Waals surface area contributed by atoms with Crippen molar-refractivity contribution in [3.63, 3.8) is 0 Å². The molecular formula is C19H26N2O4. The van der Waals surface area contributed by atoms with Crippen LogP contribution in [0.25, 0.3) is 0 Å². The van der Waals surface area contributed by atoms with Gasteiger partial charge in [0.25, 0.3) is 5.91 Å². The first kappa shape index (κ1) is 19.1. The minimum Gasteiger partial charge on any atom is -0.371 e. The van der Waals surface area contributed by atoms with E-state index in [0.717, 1.165) is 0 Å². The molecule has 1 aromatic carbocycles. The van der Waals surface area contributed by atoms with Gasteiger partial charge in [0.15, 0.2) is 5.78 Å². The predicted octanol–water partition coefficient (Wildman–Crippen LogP) is 1.65. The Hall–Kier alpha value is -2.21. The number of Topliss-reactive ketones (excluding diaryl/α,β-unsaturated/α-hetero) is 1. The first-order valence-electron chi connectivity index (χ1n) is 8.50. The van der Waals surface area contributed by atoms with Crippen LogP contribution in [-0.4, -0.2) is 54.3 Å². The fraction of sp³-hybridized carbons (Fsp3) is 0.526. The van der Waals surface area contributed by atoms with Gasteiger partial charge in [-0.3, -0.25) is 14.4 Å². The molecule has 1 fully saturated rings. The molecule has 1 aromatic rings. The zero-order chi connectivity index (χ0) is 18.6. The predicted molar refractivity (Wildman–Crippen MR) is 94.2 cm³/mol. The van der Waals surface area contributed by atoms with Crippen molar-refractivity contribution in [2.45, 2.75) is 38.8 Å². The molecule has 136 valence electrons. The lowest BCUT2D eigenvalue weighted by Gasteiger charge is -2.35. The molecular weight excluding hydrogens is 320 g/mol. The molecule has 0 aromatic heterocycles. The van der Waals surface area contributed by atoms with Gasteiger partial charge in [0.05, 0.1) is 6.61 Å². The highest BCUT2D eigenvalue weighted by Crippen LogP contribution is 2.23. The normalized spacial score (nSPS) is 21.2. The Morgan fingerprint density at radius 1 is 1.28 bits per heavy atom. The molecule has 1 N–H and O–H groups in total. The summed E-state index contributed by atoms with van der Waals surface area (Å²) in [5.74, 6) is -0.491. The second-order valence-corrected chi connectivity index (χ2v) is 7.11. The Morgan fingerprint density at radius 3 is 2.44 bits per heavy atom. The molecule has 25 heavy (non-hydrogen) atoms. The van der Waals surface area contributed by atoms with Crippen LogP contribution < -0.4 is 5.32 Å². The second-order valence-electron chi connectivity index (χ2n) is 7.11. The van der Waals surface area contributed by atoms with Gasteiger partial charge in [-0.15, -0.1) is 0 Å². The van der Waals surface area contributed by atoms with Gasteiger partial charge < -0.3 is 15.0 Å². The number of nitrogens with zero attached hydrogens (tertiary/aromatic N) is 1. The molecule has 0 aliphatic carbocycles. The van der Waals surface area contributed by atoms with Crippen molar-refractivity contribution >= 4 is 17.6 Å². The van der Waals surface area contributed by atoms with Gasteiger partial charge in [-0.2, -0.15) is 0 Å². The summed E-state index contributed by atoms with van der Waals surface area (Å²) >= 11 is 0. The van der Waals surface area contributed by atoms with Gasteiger partial charge in [-0.05, 0) is 31.4 Å². The lowest BCUT2D eigenvalue weighted by atomic mass is 9.95. The van der Waals surface area contributed by atoms with Crippen LogP contribution in [0.2, 0.25) is 0 Å². The molecule has 0 radical (unpaired) electrons. The van der Waals surface area contributed by atoms with E-state index >= 15 is 0 Å². The summed E-state index contributed by atoms with van der Waals surface area (Å²) in [6, 6.07) is 8.08. The van der Waals surface area contributed by atoms with E-state index in [0.29, 0.717) is 12.0 Å². The van der Waals surface area contributed by atoms with Crippen molar-refractivity contribution in [3.05, 3.63) is 35.9 Å². The SMILES string of the molecule is CC(C)CC(NC(=O)c1ccccc1)C(=O)N(C)C1(C)COCC1=O. The summed E-state index contributed by atoms with van der Waals surface area (Å²) in [7, 11) is 1.59. The molecule has 1 saturated heterocycles. The molecule has 2 unspecified atom stereocenters. The van der Waals surface area contributed by atoms with E-state index in [9.17, 15) is 14.4 Å². The zero-order valence-corrected chi connectivity index (χ0v) is 15.2. The molecule has 2 amide bonds. The third kappa shape index (κ3) is 4.25. The quantitative estimate of drug-likeness (QED) is 0.850. The summed E-state index contributed by atoms with van der Waals surface area (Å²) < 4.78 is 5.22. The monoisotopic (exact) mass is 346 g/mol. The van der Waals surface area contributed by atoms with Crippen molar-refractivity contribution in [1.82, 2.24) is 10.2 Å². The molecule has 2 atom stereocenters. The first-order chi connectivity index (χ1) is 11.8. The maximum atomic E-state index is 13.0. The summed E-state index contributed by atoms with van der Waals surface area (Å²) in [5.41, 5.74) is -0.484. The number of ether oxygens (including phenoxy) is 1. The van der Waals surface area contributed by atoms with Crippen LogP contribution in [-0.2, 0) is 14.3 Å². The van der Waals surface area contributed by atoms with E-state index in [2.05, 4.69) is 5.32 Å². The van der Waals surface area contributed by atoms with Gasteiger partial charge in [0.1, 0.15) is 18.2 Å². The number of rotatable bonds is 6. The van der Waals surface area contributed by atoms with Crippen LogP contribution in [0.4, 0.5) is 0 Å². The topological polar surface area (TPSA) is 75.7 Å². The van der Waals surface area contributed by atoms with E-state index < -0.39 is 11.6 Å². The molecule has 2 rings (SSSR count). The van der Waals surface area contributed by atoms with Crippen LogP contribution in [0.15, 0.2) is 30.3 Å². The lowest BCUT2D eigenvalue weighted by molar-refractivity contribution is -0.143. The van der Waals surface area contributed by atoms with Crippen molar-refractivity contribution < 1.29 is 19.1 Å². The number of carbonyl (C=O) groups is 3. The molecule has 0 spiro atoms. The van der Waals surface area contributed by atoms with E-state index in [1.54, 1.807) is 38.2 Å². The Labute approximate surface area is 148 Å². The molecule has 0 saturated carbocycles. The minimum absolute atomic E-state index is 0.0132. The highest BCUT2D eigenvalue weighted by atomic mass is 16.5. The van der Waals surface area contributed by atoms with Gasteiger partial charge in [-0.1, -0.05) is 32.0 Å². The largest absolute Gasteiger partial charge is 0.371 e. The Bertz CT molecular complexity index is 644. The number of amides is 2. The molecule has 0 bridgehead atoms. The Kier molecular flexibility index (Phi) is 5.95. The highest BCUT2D eigenvalue weighted by molar-refractivity contribution is 5.99. The van der Waals surface area contributed by atoms with E-state index in [1.165, 1.54) is 4.90 Å². The number of nitrogens with one attached hydrogen (secondary N) is 1. The van der Waals surface area contributed by atoms with Gasteiger partial charge in [-0.25, -0.2) is 0 Å². The van der Waals surface area contributed by atoms with E-state index in [1.807, 2.05) is 19.9 Å². The summed E-state index contributed by atoms with van der Waals surface area (Å²) in [6.45, 7) is 5.86. The number of hydrogen-bond acceptors (Lipinski definition) is 4. The first-order valence-corrected chi connectivity index (χ1v) is 8.50. The third-order valence-corrected chi connectivity index (χ3v) is 4.63. The van der Waals surface area contributed by atoms with Crippen LogP contribution in [0.1, 0.15) is 37.6 Å². The third-order valence-electron chi connectivity index (χ3n) is 4.63. The van der Waals surface area contributed by atoms with Crippen LogP contribution in [0.5, 0.6) is 0 Å². The maximum Gasteiger partial charge on any atom is 0.251 e. The summed E-state index contributed by atoms with van der Waals surface area (Å²) in [5, 5.41) is 2.82. The molecule has 6 nitrogen and oxygen atoms in total. The minimum atomic E-state index is -0.982. The number of likely N-dealkylation sites (N-methyl/N-ethyl adjacent to an activating group) is 1. The fourth-order valence-electron chi connectivity index (χ4n) is 2.86. The number of carbonyl (C=O) groups excluding carboxylic acids is 3. The maximum absolute atomic E-state index is 13.0. The summed E-state index contributed by atoms with van der Waals surface area (Å²) in [6.07, 6.45) is 0.493. The molecule has 1 aliphatic rings. The van der Waals surface area contributed by atoms with Crippen molar-refractivity contribution in [3.8, 4) is 0 Å². The number of benzene rings is 1. The van der Waals surface area contributed by atoms with Crippen molar-refractivity contribution in [2.75, 3.05) is 20.3 Å². The zero-order valence-electron chi connectivity index (χ0n) is 15.2. The van der Waals surface area contributed by atoms with Crippen LogP contribution in [0.3, 0.4) is 0 Å². The standard InChI is InChI=1S/C19H26N2O4/c1-13(2)10-15(20-17(23)14-8-6-5-7-9-14)18(24)21(4)19(3)12-25-11-16(19)22/h5-9,13,15H,10-12H2,1-4H3,(H,20,23). The van der Waals surface area contributed by atoms with Gasteiger partial charge in [0, 0.05) is 12.6 Å². The fourth-order valence-corrected chi connectivity index (χ4v) is 2.86. The van der Waals surface area contributed by atoms with E-state index in [-0.39, 0.29) is 36.7 Å². The average Bonchev–Trinajstić information content (AvgIpc) is 2.93. The molecule has 1 aliphatic heterocycles. The van der Waals surface area contributed by atoms with Gasteiger partial charge in [0.2, 0.25) is 5.91 Å². The van der Waals surface area contributed by atoms with Crippen molar-refractivity contribution in [2.24, 2.45) is 5.92 Å². The smallest absolute Gasteiger partial charge is 0.251 e. The average molecular weight is 346 g/mol. The van der Waals surface area contributed by atoms with E-state index in [4.69, 9.17) is 4.74 Å². The lowest BCUT2D eigenvalue weighted by Crippen LogP contribution is -2.58. The Balaban J connectivity index is 2.17. The van der Waals surface area contributed by atoms with Crippen LogP contribution >= 0.6 is 0 Å². The van der Waals surface area contributed by atoms with Crippen LogP contribution in [0, 0.1) is 5.92 Å². The second kappa shape index (κ2) is 7.78.